The summed E-state index contributed by atoms with van der Waals surface area (Å²) in [6, 6.07) is 6.19. The third kappa shape index (κ3) is 3.96. The van der Waals surface area contributed by atoms with Crippen molar-refractivity contribution in [2.75, 3.05) is 31.6 Å². The van der Waals surface area contributed by atoms with Crippen molar-refractivity contribution in [3.05, 3.63) is 36.8 Å². The van der Waals surface area contributed by atoms with E-state index in [9.17, 15) is 4.79 Å². The summed E-state index contributed by atoms with van der Waals surface area (Å²) < 4.78 is 7.17. The molecule has 4 rings (SSSR count). The van der Waals surface area contributed by atoms with Crippen LogP contribution in [0, 0.1) is 0 Å². The van der Waals surface area contributed by atoms with E-state index in [1.165, 1.54) is 0 Å². The van der Waals surface area contributed by atoms with Crippen LogP contribution in [0.2, 0.25) is 0 Å². The van der Waals surface area contributed by atoms with Gasteiger partial charge in [-0.1, -0.05) is 12.1 Å². The minimum absolute atomic E-state index is 0.119. The van der Waals surface area contributed by atoms with Crippen molar-refractivity contribution in [3.8, 4) is 11.1 Å². The fourth-order valence-corrected chi connectivity index (χ4v) is 3.18. The first-order valence-electron chi connectivity index (χ1n) is 8.96. The Hall–Kier alpha value is -2.84. The zero-order chi connectivity index (χ0) is 18.8. The number of rotatable bonds is 4. The van der Waals surface area contributed by atoms with Gasteiger partial charge in [-0.15, -0.1) is 0 Å². The maximum Gasteiger partial charge on any atom is 0.240 e. The minimum Gasteiger partial charge on any atom is -0.379 e. The lowest BCUT2D eigenvalue weighted by Gasteiger charge is -2.32. The van der Waals surface area contributed by atoms with Gasteiger partial charge in [-0.3, -0.25) is 19.7 Å². The van der Waals surface area contributed by atoms with Crippen LogP contribution in [0.5, 0.6) is 0 Å². The first-order valence-corrected chi connectivity index (χ1v) is 8.96. The van der Waals surface area contributed by atoms with Gasteiger partial charge in [-0.05, 0) is 18.6 Å². The molecule has 1 aromatic carbocycles. The van der Waals surface area contributed by atoms with Crippen LogP contribution in [0.3, 0.4) is 0 Å². The van der Waals surface area contributed by atoms with Gasteiger partial charge < -0.3 is 4.74 Å². The number of hydrogen-bond donors (Lipinski definition) is 1. The highest BCUT2D eigenvalue weighted by Crippen LogP contribution is 2.23. The number of nitrogens with zero attached hydrogens (tertiary/aromatic N) is 5. The maximum atomic E-state index is 12.4. The van der Waals surface area contributed by atoms with Crippen LogP contribution in [0.4, 0.5) is 5.95 Å². The van der Waals surface area contributed by atoms with E-state index in [0.29, 0.717) is 25.7 Å². The van der Waals surface area contributed by atoms with Gasteiger partial charge in [0.15, 0.2) is 0 Å². The molecular formula is C19H22N6O2. The highest BCUT2D eigenvalue weighted by atomic mass is 16.5. The molecule has 27 heavy (non-hydrogen) atoms. The molecule has 1 N–H and O–H groups in total. The number of ether oxygens (including phenoxy) is 1. The normalized spacial score (nSPS) is 17.9. The van der Waals surface area contributed by atoms with Crippen molar-refractivity contribution >= 4 is 22.8 Å². The van der Waals surface area contributed by atoms with Crippen LogP contribution in [-0.4, -0.2) is 62.9 Å². The Kier molecular flexibility index (Phi) is 4.83. The van der Waals surface area contributed by atoms with E-state index in [0.717, 1.165) is 28.6 Å². The van der Waals surface area contributed by atoms with Gasteiger partial charge in [0, 0.05) is 43.0 Å². The summed E-state index contributed by atoms with van der Waals surface area (Å²) in [4.78, 5) is 23.2. The molecule has 8 nitrogen and oxygen atoms in total. The standard InChI is InChI=1S/C19H22N6O2/c1-13-12-27-6-5-25(13)11-18(26)23-19-20-8-15-4-3-14(7-17(15)22-19)16-9-21-24(2)10-16/h3-4,7-10,13H,5-6,11-12H2,1-2H3,(H,20,22,23,26)/t13-/m0/s1. The molecule has 0 unspecified atom stereocenters. The molecule has 1 saturated heterocycles. The Morgan fingerprint density at radius 1 is 1.33 bits per heavy atom. The van der Waals surface area contributed by atoms with Crippen molar-refractivity contribution in [1.82, 2.24) is 24.6 Å². The number of fused-ring (bicyclic) bond motifs is 1. The smallest absolute Gasteiger partial charge is 0.240 e. The van der Waals surface area contributed by atoms with Crippen molar-refractivity contribution in [3.63, 3.8) is 0 Å². The van der Waals surface area contributed by atoms with E-state index in [2.05, 4.69) is 32.2 Å². The monoisotopic (exact) mass is 366 g/mol. The molecule has 1 atom stereocenters. The van der Waals surface area contributed by atoms with Crippen LogP contribution in [-0.2, 0) is 16.6 Å². The summed E-state index contributed by atoms with van der Waals surface area (Å²) in [7, 11) is 1.88. The summed E-state index contributed by atoms with van der Waals surface area (Å²) in [5.74, 6) is 0.197. The van der Waals surface area contributed by atoms with Gasteiger partial charge in [0.05, 0.1) is 31.5 Å². The molecule has 0 aliphatic carbocycles. The van der Waals surface area contributed by atoms with Crippen LogP contribution in [0.25, 0.3) is 22.0 Å². The van der Waals surface area contributed by atoms with E-state index in [-0.39, 0.29) is 11.9 Å². The van der Waals surface area contributed by atoms with Gasteiger partial charge in [0.2, 0.25) is 11.9 Å². The Bertz CT molecular complexity index is 970. The predicted octanol–water partition coefficient (Wildman–Crippen LogP) is 1.69. The summed E-state index contributed by atoms with van der Waals surface area (Å²) in [6.45, 7) is 4.42. The van der Waals surface area contributed by atoms with Gasteiger partial charge in [0.1, 0.15) is 0 Å². The van der Waals surface area contributed by atoms with Gasteiger partial charge >= 0.3 is 0 Å². The van der Waals surface area contributed by atoms with E-state index in [4.69, 9.17) is 4.74 Å². The van der Waals surface area contributed by atoms with Gasteiger partial charge in [-0.25, -0.2) is 9.97 Å². The number of carbonyl (C=O) groups excluding carboxylic acids is 1. The predicted molar refractivity (Wildman–Crippen MR) is 102 cm³/mol. The van der Waals surface area contributed by atoms with E-state index < -0.39 is 0 Å². The lowest BCUT2D eigenvalue weighted by atomic mass is 10.1. The molecule has 0 spiro atoms. The van der Waals surface area contributed by atoms with Crippen molar-refractivity contribution in [2.45, 2.75) is 13.0 Å². The summed E-state index contributed by atoms with van der Waals surface area (Å²) in [5.41, 5.74) is 2.82. The molecule has 0 saturated carbocycles. The Labute approximate surface area is 157 Å². The second-order valence-electron chi connectivity index (χ2n) is 6.81. The Morgan fingerprint density at radius 3 is 3.00 bits per heavy atom. The van der Waals surface area contributed by atoms with E-state index >= 15 is 0 Å². The number of aromatic nitrogens is 4. The number of benzene rings is 1. The fourth-order valence-electron chi connectivity index (χ4n) is 3.18. The number of hydrogen-bond acceptors (Lipinski definition) is 6. The topological polar surface area (TPSA) is 85.2 Å². The number of morpholine rings is 1. The Balaban J connectivity index is 1.51. The molecule has 1 amide bonds. The summed E-state index contributed by atoms with van der Waals surface area (Å²) >= 11 is 0. The van der Waals surface area contributed by atoms with Crippen molar-refractivity contribution in [1.29, 1.82) is 0 Å². The highest BCUT2D eigenvalue weighted by molar-refractivity contribution is 5.92. The number of nitrogens with one attached hydrogen (secondary N) is 1. The molecule has 1 aliphatic heterocycles. The second kappa shape index (κ2) is 7.42. The lowest BCUT2D eigenvalue weighted by molar-refractivity contribution is -0.119. The third-order valence-corrected chi connectivity index (χ3v) is 4.72. The number of amides is 1. The molecule has 0 radical (unpaired) electrons. The quantitative estimate of drug-likeness (QED) is 0.756. The fraction of sp³-hybridized carbons (Fsp3) is 0.368. The minimum atomic E-state index is -0.119. The number of anilines is 1. The van der Waals surface area contributed by atoms with Crippen LogP contribution in [0.1, 0.15) is 6.92 Å². The van der Waals surface area contributed by atoms with Crippen molar-refractivity contribution in [2.24, 2.45) is 7.05 Å². The maximum absolute atomic E-state index is 12.4. The molecule has 0 bridgehead atoms. The van der Waals surface area contributed by atoms with E-state index in [1.54, 1.807) is 10.9 Å². The van der Waals surface area contributed by atoms with Gasteiger partial charge in [-0.2, -0.15) is 5.10 Å². The molecule has 1 aliphatic rings. The molecule has 3 heterocycles. The molecule has 8 heteroatoms. The van der Waals surface area contributed by atoms with Crippen LogP contribution >= 0.6 is 0 Å². The van der Waals surface area contributed by atoms with Crippen molar-refractivity contribution < 1.29 is 9.53 Å². The zero-order valence-corrected chi connectivity index (χ0v) is 15.4. The first kappa shape index (κ1) is 17.6. The third-order valence-electron chi connectivity index (χ3n) is 4.72. The number of carbonyl (C=O) groups is 1. The largest absolute Gasteiger partial charge is 0.379 e. The SMILES string of the molecule is C[C@H]1COCCN1CC(=O)Nc1ncc2ccc(-c3cnn(C)c3)cc2n1. The number of aryl methyl sites for hydroxylation is 1. The van der Waals surface area contributed by atoms with Crippen LogP contribution in [0.15, 0.2) is 36.8 Å². The summed E-state index contributed by atoms with van der Waals surface area (Å²) in [5, 5.41) is 7.93. The lowest BCUT2D eigenvalue weighted by Crippen LogP contribution is -2.47. The Morgan fingerprint density at radius 2 is 2.22 bits per heavy atom. The average molecular weight is 366 g/mol. The van der Waals surface area contributed by atoms with Gasteiger partial charge in [0.25, 0.3) is 0 Å². The molecule has 140 valence electrons. The molecular weight excluding hydrogens is 344 g/mol. The van der Waals surface area contributed by atoms with Crippen LogP contribution < -0.4 is 5.32 Å². The second-order valence-corrected chi connectivity index (χ2v) is 6.81. The average Bonchev–Trinajstić information content (AvgIpc) is 3.09. The highest BCUT2D eigenvalue weighted by Gasteiger charge is 2.21. The first-order chi connectivity index (χ1) is 13.1. The van der Waals surface area contributed by atoms with E-state index in [1.807, 2.05) is 37.6 Å². The molecule has 3 aromatic rings. The molecule has 1 fully saturated rings. The molecule has 2 aromatic heterocycles. The summed E-state index contributed by atoms with van der Waals surface area (Å²) in [6.07, 6.45) is 5.49. The zero-order valence-electron chi connectivity index (χ0n) is 15.4.